The number of ether oxygens (including phenoxy) is 1. The fourth-order valence-corrected chi connectivity index (χ4v) is 6.02. The van der Waals surface area contributed by atoms with Crippen LogP contribution in [0.1, 0.15) is 77.6 Å². The average molecular weight is 415 g/mol. The van der Waals surface area contributed by atoms with E-state index in [0.29, 0.717) is 6.61 Å². The van der Waals surface area contributed by atoms with E-state index in [4.69, 9.17) is 4.74 Å². The summed E-state index contributed by atoms with van der Waals surface area (Å²) in [6.45, 7) is 15.1. The normalized spacial score (nSPS) is 27.6. The van der Waals surface area contributed by atoms with Crippen molar-refractivity contribution >= 4 is 0 Å². The van der Waals surface area contributed by atoms with Crippen LogP contribution in [0, 0.1) is 29.6 Å². The van der Waals surface area contributed by atoms with Crippen LogP contribution < -0.4 is 0 Å². The van der Waals surface area contributed by atoms with Crippen LogP contribution in [0.15, 0.2) is 49.1 Å². The molecule has 6 unspecified atom stereocenters. The van der Waals surface area contributed by atoms with Gasteiger partial charge < -0.3 is 9.84 Å². The van der Waals surface area contributed by atoms with Gasteiger partial charge >= 0.3 is 0 Å². The van der Waals surface area contributed by atoms with E-state index in [9.17, 15) is 5.11 Å². The highest BCUT2D eigenvalue weighted by Gasteiger charge is 2.36. The maximum Gasteiger partial charge on any atom is 0.0598 e. The third kappa shape index (κ3) is 7.24. The number of allylic oxidation sites excluding steroid dienone is 5. The Morgan fingerprint density at radius 2 is 1.83 bits per heavy atom. The first-order chi connectivity index (χ1) is 14.5. The summed E-state index contributed by atoms with van der Waals surface area (Å²) < 4.78 is 5.31. The van der Waals surface area contributed by atoms with E-state index >= 15 is 0 Å². The van der Waals surface area contributed by atoms with Crippen molar-refractivity contribution in [1.82, 2.24) is 0 Å². The van der Waals surface area contributed by atoms with Crippen molar-refractivity contribution in [2.24, 2.45) is 29.6 Å². The van der Waals surface area contributed by atoms with E-state index < -0.39 is 0 Å². The summed E-state index contributed by atoms with van der Waals surface area (Å²) in [6.07, 6.45) is 18.9. The van der Waals surface area contributed by atoms with E-state index in [1.807, 2.05) is 12.2 Å². The number of aliphatic hydroxyl groups is 1. The Balaban J connectivity index is 1.92. The maximum atomic E-state index is 11.2. The predicted octanol–water partition coefficient (Wildman–Crippen LogP) is 7.27. The lowest BCUT2D eigenvalue weighted by atomic mass is 9.63. The van der Waals surface area contributed by atoms with Gasteiger partial charge in [0.25, 0.3) is 0 Å². The van der Waals surface area contributed by atoms with Crippen molar-refractivity contribution < 1.29 is 9.84 Å². The standard InChI is InChI=1S/C28H46O2/c1-6-11-23(7-2)20-25(18-19-30-5)28(29)22(4)17-16-21(3)26-15-10-13-24-12-8-9-14-27(24)26/h6-7,11,22,24-29H,1-3,8-10,12-20H2,4-5H3/b23-11+. The van der Waals surface area contributed by atoms with Crippen molar-refractivity contribution in [2.45, 2.75) is 83.7 Å². The molecule has 0 aliphatic heterocycles. The van der Waals surface area contributed by atoms with Crippen molar-refractivity contribution in [3.05, 3.63) is 49.1 Å². The smallest absolute Gasteiger partial charge is 0.0598 e. The van der Waals surface area contributed by atoms with Crippen LogP contribution in [0.2, 0.25) is 0 Å². The molecule has 0 amide bonds. The fourth-order valence-electron chi connectivity index (χ4n) is 6.02. The molecule has 0 aromatic heterocycles. The molecule has 0 aromatic rings. The molecule has 2 heteroatoms. The van der Waals surface area contributed by atoms with Crippen molar-refractivity contribution in [3.8, 4) is 0 Å². The average Bonchev–Trinajstić information content (AvgIpc) is 2.78. The van der Waals surface area contributed by atoms with Gasteiger partial charge in [0.15, 0.2) is 0 Å². The van der Waals surface area contributed by atoms with Crippen LogP contribution in [0.3, 0.4) is 0 Å². The highest BCUT2D eigenvalue weighted by atomic mass is 16.5. The van der Waals surface area contributed by atoms with Gasteiger partial charge in [0.05, 0.1) is 6.10 Å². The van der Waals surface area contributed by atoms with E-state index in [1.165, 1.54) is 50.5 Å². The van der Waals surface area contributed by atoms with Gasteiger partial charge in [0, 0.05) is 13.7 Å². The number of hydrogen-bond acceptors (Lipinski definition) is 2. The summed E-state index contributed by atoms with van der Waals surface area (Å²) in [5.74, 6) is 2.98. The molecule has 30 heavy (non-hydrogen) atoms. The zero-order valence-electron chi connectivity index (χ0n) is 19.7. The minimum atomic E-state index is -0.338. The molecular weight excluding hydrogens is 368 g/mol. The highest BCUT2D eigenvalue weighted by molar-refractivity contribution is 5.21. The third-order valence-corrected chi connectivity index (χ3v) is 7.87. The molecule has 0 aromatic carbocycles. The van der Waals surface area contributed by atoms with Gasteiger partial charge in [-0.15, -0.1) is 0 Å². The van der Waals surface area contributed by atoms with Crippen LogP contribution in [0.5, 0.6) is 0 Å². The Labute approximate surface area is 186 Å². The molecule has 2 aliphatic rings. The molecule has 2 aliphatic carbocycles. The number of fused-ring (bicyclic) bond motifs is 1. The van der Waals surface area contributed by atoms with Crippen molar-refractivity contribution in [1.29, 1.82) is 0 Å². The first kappa shape index (κ1) is 25.1. The molecule has 2 saturated carbocycles. The summed E-state index contributed by atoms with van der Waals surface area (Å²) >= 11 is 0. The van der Waals surface area contributed by atoms with Crippen molar-refractivity contribution in [2.75, 3.05) is 13.7 Å². The Bertz CT molecular complexity index is 573. The zero-order valence-corrected chi connectivity index (χ0v) is 19.7. The molecule has 2 rings (SSSR count). The van der Waals surface area contributed by atoms with Gasteiger partial charge in [-0.3, -0.25) is 0 Å². The minimum Gasteiger partial charge on any atom is -0.393 e. The van der Waals surface area contributed by atoms with Gasteiger partial charge in [-0.25, -0.2) is 0 Å². The second-order valence-electron chi connectivity index (χ2n) is 9.84. The van der Waals surface area contributed by atoms with E-state index in [1.54, 1.807) is 13.2 Å². The second kappa shape index (κ2) is 13.3. The lowest BCUT2D eigenvalue weighted by Crippen LogP contribution is -2.32. The Hall–Kier alpha value is -1.12. The number of methoxy groups -OCH3 is 1. The molecule has 6 atom stereocenters. The van der Waals surface area contributed by atoms with Gasteiger partial charge in [0.2, 0.25) is 0 Å². The summed E-state index contributed by atoms with van der Waals surface area (Å²) in [4.78, 5) is 0. The Morgan fingerprint density at radius 3 is 2.53 bits per heavy atom. The summed E-state index contributed by atoms with van der Waals surface area (Å²) in [5, 5.41) is 11.2. The maximum absolute atomic E-state index is 11.2. The quantitative estimate of drug-likeness (QED) is 0.254. The largest absolute Gasteiger partial charge is 0.393 e. The molecule has 170 valence electrons. The number of hydrogen-bond donors (Lipinski definition) is 1. The Morgan fingerprint density at radius 1 is 1.10 bits per heavy atom. The van der Waals surface area contributed by atoms with Crippen LogP contribution in [0.4, 0.5) is 0 Å². The van der Waals surface area contributed by atoms with Crippen LogP contribution in [-0.2, 0) is 4.74 Å². The molecule has 2 fully saturated rings. The predicted molar refractivity (Wildman–Crippen MR) is 129 cm³/mol. The van der Waals surface area contributed by atoms with Crippen LogP contribution in [-0.4, -0.2) is 24.9 Å². The number of rotatable bonds is 13. The molecule has 0 spiro atoms. The number of aliphatic hydroxyl groups excluding tert-OH is 1. The van der Waals surface area contributed by atoms with Crippen LogP contribution in [0.25, 0.3) is 0 Å². The Kier molecular flexibility index (Phi) is 11.2. The summed E-state index contributed by atoms with van der Waals surface area (Å²) in [5.41, 5.74) is 2.59. The zero-order chi connectivity index (χ0) is 21.9. The topological polar surface area (TPSA) is 29.5 Å². The van der Waals surface area contributed by atoms with E-state index in [-0.39, 0.29) is 17.9 Å². The molecule has 2 nitrogen and oxygen atoms in total. The minimum absolute atomic E-state index is 0.176. The van der Waals surface area contributed by atoms with Gasteiger partial charge in [-0.05, 0) is 73.7 Å². The summed E-state index contributed by atoms with van der Waals surface area (Å²) in [6, 6.07) is 0. The fraction of sp³-hybridized carbons (Fsp3) is 0.714. The third-order valence-electron chi connectivity index (χ3n) is 7.87. The molecule has 0 saturated heterocycles. The van der Waals surface area contributed by atoms with E-state index in [2.05, 4.69) is 26.7 Å². The first-order valence-electron chi connectivity index (χ1n) is 12.3. The van der Waals surface area contributed by atoms with Gasteiger partial charge in [-0.1, -0.05) is 82.6 Å². The summed E-state index contributed by atoms with van der Waals surface area (Å²) in [7, 11) is 1.73. The van der Waals surface area contributed by atoms with Crippen molar-refractivity contribution in [3.63, 3.8) is 0 Å². The van der Waals surface area contributed by atoms with Gasteiger partial charge in [-0.2, -0.15) is 0 Å². The molecular formula is C28H46O2. The first-order valence-corrected chi connectivity index (χ1v) is 12.3. The monoisotopic (exact) mass is 414 g/mol. The van der Waals surface area contributed by atoms with E-state index in [0.717, 1.165) is 49.0 Å². The lowest BCUT2D eigenvalue weighted by molar-refractivity contribution is 0.0366. The molecule has 0 heterocycles. The molecule has 0 radical (unpaired) electrons. The second-order valence-corrected chi connectivity index (χ2v) is 9.84. The molecule has 0 bridgehead atoms. The highest BCUT2D eigenvalue weighted by Crippen LogP contribution is 2.47. The molecule has 1 N–H and O–H groups in total. The lowest BCUT2D eigenvalue weighted by Gasteiger charge is -2.42. The van der Waals surface area contributed by atoms with Gasteiger partial charge in [0.1, 0.15) is 0 Å². The van der Waals surface area contributed by atoms with Crippen LogP contribution >= 0.6 is 0 Å². The SMILES string of the molecule is C=C/C=C(\C=C)CC(CCOC)C(O)C(C)CCC(=C)C1CCCC2CCCCC21.